The van der Waals surface area contributed by atoms with Crippen molar-refractivity contribution >= 4 is 18.3 Å². The number of likely N-dealkylation sites (tertiary alicyclic amines) is 1. The van der Waals surface area contributed by atoms with E-state index in [0.717, 1.165) is 24.9 Å². The summed E-state index contributed by atoms with van der Waals surface area (Å²) in [6.45, 7) is 5.69. The Kier molecular flexibility index (Phi) is 5.83. The van der Waals surface area contributed by atoms with Crippen LogP contribution in [-0.4, -0.2) is 29.9 Å². The molecule has 0 aliphatic carbocycles. The van der Waals surface area contributed by atoms with E-state index in [1.54, 1.807) is 0 Å². The minimum absolute atomic E-state index is 0. The summed E-state index contributed by atoms with van der Waals surface area (Å²) in [5.74, 6) is 0.207. The molecule has 19 heavy (non-hydrogen) atoms. The molecule has 1 aliphatic rings. The van der Waals surface area contributed by atoms with E-state index in [9.17, 15) is 4.79 Å². The van der Waals surface area contributed by atoms with Gasteiger partial charge in [0.25, 0.3) is 0 Å². The Labute approximate surface area is 121 Å². The molecule has 1 atom stereocenters. The van der Waals surface area contributed by atoms with Gasteiger partial charge in [-0.1, -0.05) is 23.8 Å². The van der Waals surface area contributed by atoms with Gasteiger partial charge in [0.15, 0.2) is 0 Å². The highest BCUT2D eigenvalue weighted by Gasteiger charge is 2.21. The molecule has 1 aromatic rings. The lowest BCUT2D eigenvalue weighted by atomic mass is 10.0. The number of nitrogens with zero attached hydrogens (tertiary/aromatic N) is 1. The zero-order valence-corrected chi connectivity index (χ0v) is 12.5. The molecule has 0 bridgehead atoms. The van der Waals surface area contributed by atoms with Crippen molar-refractivity contribution in [2.45, 2.75) is 39.2 Å². The Balaban J connectivity index is 0.00000180. The third kappa shape index (κ3) is 4.22. The molecule has 1 unspecified atom stereocenters. The number of amides is 1. The molecule has 106 valence electrons. The SMILES string of the molecule is Cc1ccc(C)c(CC(=O)N2CCCC(N)C2)c1.Cl. The number of halogens is 1. The quantitative estimate of drug-likeness (QED) is 0.904. The molecule has 0 radical (unpaired) electrons. The molecular weight excluding hydrogens is 260 g/mol. The lowest BCUT2D eigenvalue weighted by molar-refractivity contribution is -0.131. The highest BCUT2D eigenvalue weighted by Crippen LogP contribution is 2.15. The van der Waals surface area contributed by atoms with Gasteiger partial charge in [0, 0.05) is 19.1 Å². The number of nitrogens with two attached hydrogens (primary N) is 1. The molecule has 1 heterocycles. The number of piperidine rings is 1. The summed E-state index contributed by atoms with van der Waals surface area (Å²) in [5.41, 5.74) is 9.45. The lowest BCUT2D eigenvalue weighted by Gasteiger charge is -2.31. The predicted molar refractivity (Wildman–Crippen MR) is 80.7 cm³/mol. The molecule has 2 N–H and O–H groups in total. The maximum atomic E-state index is 12.2. The van der Waals surface area contributed by atoms with Crippen LogP contribution in [0.4, 0.5) is 0 Å². The number of hydrogen-bond acceptors (Lipinski definition) is 2. The Morgan fingerprint density at radius 2 is 2.16 bits per heavy atom. The second kappa shape index (κ2) is 6.92. The van der Waals surface area contributed by atoms with Gasteiger partial charge in [-0.25, -0.2) is 0 Å². The van der Waals surface area contributed by atoms with Crippen LogP contribution in [0.3, 0.4) is 0 Å². The maximum Gasteiger partial charge on any atom is 0.227 e. The Hall–Kier alpha value is -1.06. The number of carbonyl (C=O) groups excluding carboxylic acids is 1. The summed E-state index contributed by atoms with van der Waals surface area (Å²) in [5, 5.41) is 0. The Morgan fingerprint density at radius 3 is 2.84 bits per heavy atom. The van der Waals surface area contributed by atoms with Crippen LogP contribution in [0.1, 0.15) is 29.5 Å². The monoisotopic (exact) mass is 282 g/mol. The standard InChI is InChI=1S/C15H22N2O.ClH/c1-11-5-6-12(2)13(8-11)9-15(18)17-7-3-4-14(16)10-17;/h5-6,8,14H,3-4,7,9-10,16H2,1-2H3;1H. The Bertz CT molecular complexity index is 448. The largest absolute Gasteiger partial charge is 0.341 e. The second-order valence-electron chi connectivity index (χ2n) is 5.35. The van der Waals surface area contributed by atoms with Crippen molar-refractivity contribution in [1.82, 2.24) is 4.90 Å². The average Bonchev–Trinajstić information content (AvgIpc) is 2.34. The molecule has 1 aliphatic heterocycles. The third-order valence-corrected chi connectivity index (χ3v) is 3.66. The molecule has 0 spiro atoms. The van der Waals surface area contributed by atoms with Gasteiger partial charge in [-0.15, -0.1) is 12.4 Å². The fraction of sp³-hybridized carbons (Fsp3) is 0.533. The van der Waals surface area contributed by atoms with E-state index in [-0.39, 0.29) is 24.4 Å². The summed E-state index contributed by atoms with van der Waals surface area (Å²) in [7, 11) is 0. The van der Waals surface area contributed by atoms with Crippen LogP contribution in [-0.2, 0) is 11.2 Å². The highest BCUT2D eigenvalue weighted by molar-refractivity contribution is 5.85. The highest BCUT2D eigenvalue weighted by atomic mass is 35.5. The normalized spacial score (nSPS) is 18.9. The summed E-state index contributed by atoms with van der Waals surface area (Å²) in [6, 6.07) is 6.43. The van der Waals surface area contributed by atoms with Gasteiger partial charge in [0.05, 0.1) is 6.42 Å². The van der Waals surface area contributed by atoms with Gasteiger partial charge in [0.1, 0.15) is 0 Å². The third-order valence-electron chi connectivity index (χ3n) is 3.66. The van der Waals surface area contributed by atoms with Crippen LogP contribution >= 0.6 is 12.4 Å². The molecule has 2 rings (SSSR count). The van der Waals surface area contributed by atoms with Gasteiger partial charge in [-0.3, -0.25) is 4.79 Å². The lowest BCUT2D eigenvalue weighted by Crippen LogP contribution is -2.46. The Morgan fingerprint density at radius 1 is 1.42 bits per heavy atom. The topological polar surface area (TPSA) is 46.3 Å². The fourth-order valence-electron chi connectivity index (χ4n) is 2.50. The van der Waals surface area contributed by atoms with Crippen molar-refractivity contribution in [3.05, 3.63) is 34.9 Å². The number of rotatable bonds is 2. The van der Waals surface area contributed by atoms with Gasteiger partial charge in [0.2, 0.25) is 5.91 Å². The van der Waals surface area contributed by atoms with Crippen molar-refractivity contribution in [2.75, 3.05) is 13.1 Å². The molecular formula is C15H23ClN2O. The van der Waals surface area contributed by atoms with Crippen molar-refractivity contribution < 1.29 is 4.79 Å². The van der Waals surface area contributed by atoms with E-state index in [0.29, 0.717) is 13.0 Å². The first kappa shape index (κ1) is 16.0. The van der Waals surface area contributed by atoms with Crippen LogP contribution in [0, 0.1) is 13.8 Å². The van der Waals surface area contributed by atoms with E-state index in [4.69, 9.17) is 5.73 Å². The number of benzene rings is 1. The van der Waals surface area contributed by atoms with Crippen molar-refractivity contribution in [1.29, 1.82) is 0 Å². The van der Waals surface area contributed by atoms with Gasteiger partial charge >= 0.3 is 0 Å². The van der Waals surface area contributed by atoms with Crippen LogP contribution in [0.15, 0.2) is 18.2 Å². The van der Waals surface area contributed by atoms with Crippen molar-refractivity contribution in [2.24, 2.45) is 5.73 Å². The molecule has 1 aromatic carbocycles. The number of carbonyl (C=O) groups is 1. The summed E-state index contributed by atoms with van der Waals surface area (Å²) in [4.78, 5) is 14.2. The number of aryl methyl sites for hydroxylation is 2. The first-order valence-electron chi connectivity index (χ1n) is 6.66. The van der Waals surface area contributed by atoms with Crippen molar-refractivity contribution in [3.63, 3.8) is 0 Å². The van der Waals surface area contributed by atoms with Crippen LogP contribution < -0.4 is 5.73 Å². The molecule has 1 fully saturated rings. The molecule has 4 heteroatoms. The fourth-order valence-corrected chi connectivity index (χ4v) is 2.50. The minimum atomic E-state index is 0. The first-order valence-corrected chi connectivity index (χ1v) is 6.66. The van der Waals surface area contributed by atoms with E-state index < -0.39 is 0 Å². The molecule has 1 amide bonds. The molecule has 1 saturated heterocycles. The van der Waals surface area contributed by atoms with Crippen LogP contribution in [0.5, 0.6) is 0 Å². The van der Waals surface area contributed by atoms with E-state index >= 15 is 0 Å². The zero-order valence-electron chi connectivity index (χ0n) is 11.7. The zero-order chi connectivity index (χ0) is 13.1. The summed E-state index contributed by atoms with van der Waals surface area (Å²) >= 11 is 0. The van der Waals surface area contributed by atoms with Crippen molar-refractivity contribution in [3.8, 4) is 0 Å². The molecule has 0 aromatic heterocycles. The molecule has 3 nitrogen and oxygen atoms in total. The van der Waals surface area contributed by atoms with Crippen LogP contribution in [0.2, 0.25) is 0 Å². The van der Waals surface area contributed by atoms with Crippen LogP contribution in [0.25, 0.3) is 0 Å². The summed E-state index contributed by atoms with van der Waals surface area (Å²) in [6.07, 6.45) is 2.56. The average molecular weight is 283 g/mol. The van der Waals surface area contributed by atoms with E-state index in [2.05, 4.69) is 32.0 Å². The predicted octanol–water partition coefficient (Wildman–Crippen LogP) is 2.22. The maximum absolute atomic E-state index is 12.2. The molecule has 0 saturated carbocycles. The number of hydrogen-bond donors (Lipinski definition) is 1. The second-order valence-corrected chi connectivity index (χ2v) is 5.35. The van der Waals surface area contributed by atoms with E-state index in [1.807, 2.05) is 4.90 Å². The first-order chi connectivity index (χ1) is 8.56. The summed E-state index contributed by atoms with van der Waals surface area (Å²) < 4.78 is 0. The minimum Gasteiger partial charge on any atom is -0.341 e. The van der Waals surface area contributed by atoms with E-state index in [1.165, 1.54) is 11.1 Å². The van der Waals surface area contributed by atoms with Gasteiger partial charge < -0.3 is 10.6 Å². The van der Waals surface area contributed by atoms with Gasteiger partial charge in [-0.2, -0.15) is 0 Å². The van der Waals surface area contributed by atoms with Gasteiger partial charge in [-0.05, 0) is 37.8 Å². The smallest absolute Gasteiger partial charge is 0.227 e.